The molecule has 0 radical (unpaired) electrons. The van der Waals surface area contributed by atoms with Crippen LogP contribution in [0.15, 0.2) is 36.8 Å². The summed E-state index contributed by atoms with van der Waals surface area (Å²) in [5.41, 5.74) is 9.31. The van der Waals surface area contributed by atoms with Crippen LogP contribution in [0, 0.1) is 6.92 Å². The van der Waals surface area contributed by atoms with E-state index in [-0.39, 0.29) is 17.9 Å². The number of carbonyl (C=O) groups is 1. The van der Waals surface area contributed by atoms with E-state index in [4.69, 9.17) is 5.73 Å². The molecular formula is C21H26N8O. The van der Waals surface area contributed by atoms with E-state index in [0.29, 0.717) is 17.3 Å². The van der Waals surface area contributed by atoms with Gasteiger partial charge in [0.2, 0.25) is 5.95 Å². The number of anilines is 3. The summed E-state index contributed by atoms with van der Waals surface area (Å²) in [6.07, 6.45) is 9.07. The summed E-state index contributed by atoms with van der Waals surface area (Å²) in [4.78, 5) is 22.6. The molecule has 1 saturated carbocycles. The number of hydrogen-bond donors (Lipinski definition) is 3. The second-order valence-electron chi connectivity index (χ2n) is 7.66. The topological polar surface area (TPSA) is 124 Å². The largest absolute Gasteiger partial charge is 0.350 e. The Morgan fingerprint density at radius 1 is 1.20 bits per heavy atom. The van der Waals surface area contributed by atoms with Gasteiger partial charge < -0.3 is 16.4 Å². The van der Waals surface area contributed by atoms with Crippen molar-refractivity contribution in [1.82, 2.24) is 25.0 Å². The minimum Gasteiger partial charge on any atom is -0.350 e. The van der Waals surface area contributed by atoms with Gasteiger partial charge in [-0.15, -0.1) is 0 Å². The van der Waals surface area contributed by atoms with Crippen LogP contribution in [0.25, 0.3) is 5.69 Å². The molecule has 2 heterocycles. The van der Waals surface area contributed by atoms with Crippen LogP contribution in [0.2, 0.25) is 0 Å². The van der Waals surface area contributed by atoms with Gasteiger partial charge in [-0.25, -0.2) is 4.98 Å². The van der Waals surface area contributed by atoms with Gasteiger partial charge in [-0.1, -0.05) is 18.9 Å². The Hall–Kier alpha value is -3.33. The number of nitrogens with zero attached hydrogens (tertiary/aromatic N) is 5. The van der Waals surface area contributed by atoms with E-state index in [0.717, 1.165) is 42.6 Å². The average molecular weight is 406 g/mol. The molecule has 1 aromatic carbocycles. The number of Topliss-reactive ketones (excluding diaryl/α,β-unsaturated/α-hetero) is 1. The second-order valence-corrected chi connectivity index (χ2v) is 7.66. The maximum atomic E-state index is 12.1. The molecule has 0 spiro atoms. The molecule has 0 saturated heterocycles. The number of nitrogens with one attached hydrogen (secondary N) is 2. The molecular weight excluding hydrogens is 380 g/mol. The summed E-state index contributed by atoms with van der Waals surface area (Å²) in [6, 6.07) is 6.03. The minimum atomic E-state index is -0.112. The van der Waals surface area contributed by atoms with Crippen molar-refractivity contribution in [3.05, 3.63) is 47.9 Å². The van der Waals surface area contributed by atoms with Crippen molar-refractivity contribution < 1.29 is 4.79 Å². The maximum Gasteiger partial charge on any atom is 0.224 e. The molecule has 4 N–H and O–H groups in total. The highest BCUT2D eigenvalue weighted by Gasteiger charge is 2.23. The quantitative estimate of drug-likeness (QED) is 0.534. The highest BCUT2D eigenvalue weighted by Crippen LogP contribution is 2.25. The standard InChI is InChI=1S/C21H26N8O/c1-13-7-8-15(11-19(13)29-24-9-10-25-29)26-20-16(14(2)30)12-23-21(28-20)27-18-6-4-3-5-17(18)22/h7-12,17-18H,3-6,22H2,1-2H3,(H2,23,26,27,28)/t17-,18+/m0/s1. The second kappa shape index (κ2) is 8.58. The lowest BCUT2D eigenvalue weighted by atomic mass is 9.91. The van der Waals surface area contributed by atoms with E-state index in [2.05, 4.69) is 30.8 Å². The van der Waals surface area contributed by atoms with Crippen molar-refractivity contribution in [2.24, 2.45) is 5.73 Å². The normalized spacial score (nSPS) is 18.8. The zero-order valence-corrected chi connectivity index (χ0v) is 17.2. The molecule has 9 heteroatoms. The summed E-state index contributed by atoms with van der Waals surface area (Å²) >= 11 is 0. The van der Waals surface area contributed by atoms with Crippen LogP contribution in [-0.2, 0) is 0 Å². The molecule has 0 aliphatic heterocycles. The number of nitrogens with two attached hydrogens (primary N) is 1. The molecule has 1 aliphatic rings. The fraction of sp³-hybridized carbons (Fsp3) is 0.381. The summed E-state index contributed by atoms with van der Waals surface area (Å²) in [7, 11) is 0. The number of aromatic nitrogens is 5. The predicted molar refractivity (Wildman–Crippen MR) is 115 cm³/mol. The van der Waals surface area contributed by atoms with Crippen LogP contribution in [0.5, 0.6) is 0 Å². The molecule has 1 aliphatic carbocycles. The van der Waals surface area contributed by atoms with Crippen molar-refractivity contribution in [3.63, 3.8) is 0 Å². The zero-order chi connectivity index (χ0) is 21.1. The van der Waals surface area contributed by atoms with Gasteiger partial charge in [-0.2, -0.15) is 20.0 Å². The zero-order valence-electron chi connectivity index (χ0n) is 17.2. The van der Waals surface area contributed by atoms with Crippen molar-refractivity contribution in [2.75, 3.05) is 10.6 Å². The first-order valence-corrected chi connectivity index (χ1v) is 10.2. The minimum absolute atomic E-state index is 0.0764. The summed E-state index contributed by atoms with van der Waals surface area (Å²) < 4.78 is 0. The maximum absolute atomic E-state index is 12.1. The molecule has 3 aromatic rings. The van der Waals surface area contributed by atoms with Gasteiger partial charge in [0, 0.05) is 24.0 Å². The number of benzene rings is 1. The first-order valence-electron chi connectivity index (χ1n) is 10.2. The Balaban J connectivity index is 1.62. The third-order valence-corrected chi connectivity index (χ3v) is 5.41. The van der Waals surface area contributed by atoms with Crippen molar-refractivity contribution in [2.45, 2.75) is 51.6 Å². The van der Waals surface area contributed by atoms with Gasteiger partial charge in [-0.3, -0.25) is 4.79 Å². The third kappa shape index (κ3) is 4.30. The Morgan fingerprint density at radius 3 is 2.70 bits per heavy atom. The number of hydrogen-bond acceptors (Lipinski definition) is 8. The molecule has 156 valence electrons. The van der Waals surface area contributed by atoms with E-state index in [9.17, 15) is 4.79 Å². The smallest absolute Gasteiger partial charge is 0.224 e. The van der Waals surface area contributed by atoms with E-state index in [1.54, 1.807) is 23.4 Å². The number of aryl methyl sites for hydroxylation is 1. The Bertz CT molecular complexity index is 1030. The lowest BCUT2D eigenvalue weighted by molar-refractivity contribution is 0.101. The molecule has 2 atom stereocenters. The Kier molecular flexibility index (Phi) is 5.71. The van der Waals surface area contributed by atoms with E-state index >= 15 is 0 Å². The lowest BCUT2D eigenvalue weighted by Crippen LogP contribution is -2.43. The van der Waals surface area contributed by atoms with Crippen LogP contribution in [0.4, 0.5) is 17.5 Å². The van der Waals surface area contributed by atoms with Gasteiger partial charge in [0.05, 0.1) is 23.6 Å². The molecule has 0 bridgehead atoms. The number of ketones is 1. The van der Waals surface area contributed by atoms with E-state index in [1.807, 2.05) is 25.1 Å². The van der Waals surface area contributed by atoms with Crippen LogP contribution in [-0.4, -0.2) is 42.8 Å². The van der Waals surface area contributed by atoms with Gasteiger partial charge in [-0.05, 0) is 44.4 Å². The molecule has 30 heavy (non-hydrogen) atoms. The fourth-order valence-corrected chi connectivity index (χ4v) is 3.69. The van der Waals surface area contributed by atoms with Gasteiger partial charge in [0.15, 0.2) is 5.78 Å². The highest BCUT2D eigenvalue weighted by molar-refractivity contribution is 5.99. The summed E-state index contributed by atoms with van der Waals surface area (Å²) in [5, 5.41) is 15.0. The molecule has 9 nitrogen and oxygen atoms in total. The van der Waals surface area contributed by atoms with Crippen LogP contribution in [0.1, 0.15) is 48.5 Å². The highest BCUT2D eigenvalue weighted by atomic mass is 16.1. The lowest BCUT2D eigenvalue weighted by Gasteiger charge is -2.29. The summed E-state index contributed by atoms with van der Waals surface area (Å²) in [6.45, 7) is 3.49. The fourth-order valence-electron chi connectivity index (χ4n) is 3.69. The van der Waals surface area contributed by atoms with Crippen molar-refractivity contribution in [1.29, 1.82) is 0 Å². The third-order valence-electron chi connectivity index (χ3n) is 5.41. The Morgan fingerprint density at radius 2 is 1.97 bits per heavy atom. The van der Waals surface area contributed by atoms with Crippen molar-refractivity contribution in [3.8, 4) is 5.69 Å². The summed E-state index contributed by atoms with van der Waals surface area (Å²) in [5.74, 6) is 0.804. The first-order chi connectivity index (χ1) is 14.5. The van der Waals surface area contributed by atoms with Crippen LogP contribution < -0.4 is 16.4 Å². The van der Waals surface area contributed by atoms with Crippen LogP contribution >= 0.6 is 0 Å². The first kappa shape index (κ1) is 20.0. The number of carbonyl (C=O) groups excluding carboxylic acids is 1. The molecule has 4 rings (SSSR count). The van der Waals surface area contributed by atoms with Crippen LogP contribution in [0.3, 0.4) is 0 Å². The molecule has 0 amide bonds. The molecule has 2 aromatic heterocycles. The molecule has 1 fully saturated rings. The predicted octanol–water partition coefficient (Wildman–Crippen LogP) is 2.99. The monoisotopic (exact) mass is 406 g/mol. The molecule has 0 unspecified atom stereocenters. The van der Waals surface area contributed by atoms with Gasteiger partial charge in [0.25, 0.3) is 0 Å². The average Bonchev–Trinajstić information content (AvgIpc) is 3.26. The number of rotatable bonds is 6. The van der Waals surface area contributed by atoms with E-state index < -0.39 is 0 Å². The van der Waals surface area contributed by atoms with Crippen molar-refractivity contribution >= 4 is 23.2 Å². The Labute approximate surface area is 175 Å². The van der Waals surface area contributed by atoms with Gasteiger partial charge in [0.1, 0.15) is 5.82 Å². The van der Waals surface area contributed by atoms with E-state index in [1.165, 1.54) is 6.92 Å². The van der Waals surface area contributed by atoms with Gasteiger partial charge >= 0.3 is 0 Å². The SMILES string of the molecule is CC(=O)c1cnc(N[C@@H]2CCCC[C@@H]2N)nc1Nc1ccc(C)c(-n2nccn2)c1.